The molecule has 0 amide bonds. The number of hydrogen-bond donors (Lipinski definition) is 0. The van der Waals surface area contributed by atoms with Gasteiger partial charge in [-0.05, 0) is 91.2 Å². The highest BCUT2D eigenvalue weighted by Gasteiger charge is 2.43. The Balaban J connectivity index is 2.15. The fourth-order valence-electron chi connectivity index (χ4n) is 5.17. The second-order valence-corrected chi connectivity index (χ2v) is 10.5. The van der Waals surface area contributed by atoms with Gasteiger partial charge in [0.05, 0.1) is 23.2 Å². The molecule has 0 unspecified atom stereocenters. The third-order valence-electron chi connectivity index (χ3n) is 6.82. The van der Waals surface area contributed by atoms with Crippen molar-refractivity contribution in [1.29, 1.82) is 0 Å². The normalized spacial score (nSPS) is 13.7. The molecule has 2 nitrogen and oxygen atoms in total. The molecule has 0 bridgehead atoms. The molecule has 0 radical (unpaired) electrons. The van der Waals surface area contributed by atoms with Gasteiger partial charge in [-0.2, -0.15) is 0 Å². The predicted molar refractivity (Wildman–Crippen MR) is 139 cm³/mol. The molecule has 31 heavy (non-hydrogen) atoms. The van der Waals surface area contributed by atoms with Crippen LogP contribution in [0.25, 0.3) is 11.1 Å². The Bertz CT molecular complexity index is 818. The van der Waals surface area contributed by atoms with Crippen molar-refractivity contribution in [2.75, 3.05) is 14.2 Å². The van der Waals surface area contributed by atoms with E-state index >= 15 is 0 Å². The highest BCUT2D eigenvalue weighted by Crippen LogP contribution is 2.57. The zero-order valence-corrected chi connectivity index (χ0v) is 22.6. The van der Waals surface area contributed by atoms with Gasteiger partial charge in [-0.1, -0.05) is 65.2 Å². The van der Waals surface area contributed by atoms with Crippen LogP contribution in [-0.2, 0) is 5.41 Å². The van der Waals surface area contributed by atoms with Gasteiger partial charge in [-0.15, -0.1) is 0 Å². The van der Waals surface area contributed by atoms with Crippen molar-refractivity contribution in [3.05, 3.63) is 44.3 Å². The van der Waals surface area contributed by atoms with E-state index in [4.69, 9.17) is 9.47 Å². The van der Waals surface area contributed by atoms with Gasteiger partial charge in [-0.25, -0.2) is 0 Å². The monoisotopic (exact) mass is 550 g/mol. The summed E-state index contributed by atoms with van der Waals surface area (Å²) >= 11 is 7.55. The molecular formula is C27H36Br2O2. The van der Waals surface area contributed by atoms with Crippen LogP contribution >= 0.6 is 31.9 Å². The molecule has 0 spiro atoms. The Morgan fingerprint density at radius 2 is 1.06 bits per heavy atom. The van der Waals surface area contributed by atoms with Gasteiger partial charge in [-0.3, -0.25) is 0 Å². The summed E-state index contributed by atoms with van der Waals surface area (Å²) in [4.78, 5) is 0. The maximum atomic E-state index is 5.67. The van der Waals surface area contributed by atoms with E-state index in [1.807, 2.05) is 0 Å². The minimum atomic E-state index is 0.0513. The fraction of sp³-hybridized carbons (Fsp3) is 0.556. The molecule has 2 aromatic rings. The maximum Gasteiger partial charge on any atom is 0.133 e. The molecule has 0 aliphatic heterocycles. The molecular weight excluding hydrogens is 516 g/mol. The van der Waals surface area contributed by atoms with Crippen LogP contribution in [0.15, 0.2) is 33.2 Å². The van der Waals surface area contributed by atoms with Crippen LogP contribution in [0.2, 0.25) is 0 Å². The lowest BCUT2D eigenvalue weighted by Gasteiger charge is -2.33. The van der Waals surface area contributed by atoms with Crippen molar-refractivity contribution in [3.8, 4) is 22.6 Å². The van der Waals surface area contributed by atoms with Crippen molar-refractivity contribution in [2.45, 2.75) is 83.5 Å². The van der Waals surface area contributed by atoms with Gasteiger partial charge in [0.15, 0.2) is 0 Å². The number of benzene rings is 2. The van der Waals surface area contributed by atoms with Crippen molar-refractivity contribution in [3.63, 3.8) is 0 Å². The Morgan fingerprint density at radius 3 is 1.42 bits per heavy atom. The number of methoxy groups -OCH3 is 2. The van der Waals surface area contributed by atoms with Crippen molar-refractivity contribution in [2.24, 2.45) is 0 Å². The highest BCUT2D eigenvalue weighted by molar-refractivity contribution is 9.10. The number of unbranched alkanes of at least 4 members (excludes halogenated alkanes) is 6. The lowest BCUT2D eigenvalue weighted by Crippen LogP contribution is -2.25. The van der Waals surface area contributed by atoms with Crippen molar-refractivity contribution >= 4 is 31.9 Å². The first-order chi connectivity index (χ1) is 15.0. The summed E-state index contributed by atoms with van der Waals surface area (Å²) in [5.41, 5.74) is 5.54. The largest absolute Gasteiger partial charge is 0.496 e. The minimum absolute atomic E-state index is 0.0513. The Labute approximate surface area is 205 Å². The zero-order valence-electron chi connectivity index (χ0n) is 19.5. The average Bonchev–Trinajstić information content (AvgIpc) is 3.01. The van der Waals surface area contributed by atoms with E-state index in [2.05, 4.69) is 70.0 Å². The van der Waals surface area contributed by atoms with Gasteiger partial charge < -0.3 is 9.47 Å². The first kappa shape index (κ1) is 24.6. The molecule has 2 aromatic carbocycles. The first-order valence-electron chi connectivity index (χ1n) is 11.8. The van der Waals surface area contributed by atoms with Crippen LogP contribution in [0.1, 0.15) is 89.2 Å². The Morgan fingerprint density at radius 1 is 0.645 bits per heavy atom. The first-order valence-corrected chi connectivity index (χ1v) is 13.4. The summed E-state index contributed by atoms with van der Waals surface area (Å²) in [6.07, 6.45) is 12.6. The number of ether oxygens (including phenoxy) is 2. The molecule has 0 N–H and O–H groups in total. The van der Waals surface area contributed by atoms with Gasteiger partial charge in [0.2, 0.25) is 0 Å². The number of fused-ring (bicyclic) bond motifs is 3. The minimum Gasteiger partial charge on any atom is -0.496 e. The number of halogens is 2. The standard InChI is InChI=1S/C27H36Br2O2/c1-5-7-9-11-13-27(14-12-10-8-6-2)21-17-23(28)25(30-3)15-19(21)20-16-26(31-4)24(29)18-22(20)27/h15-18H,5-14H2,1-4H3. The molecule has 4 heteroatoms. The third kappa shape index (κ3) is 5.00. The molecule has 0 saturated heterocycles. The van der Waals surface area contributed by atoms with Gasteiger partial charge >= 0.3 is 0 Å². The molecule has 3 rings (SSSR count). The van der Waals surface area contributed by atoms with Crippen LogP contribution in [-0.4, -0.2) is 14.2 Å². The molecule has 1 aliphatic carbocycles. The molecule has 0 atom stereocenters. The average molecular weight is 552 g/mol. The van der Waals surface area contributed by atoms with Crippen LogP contribution < -0.4 is 9.47 Å². The number of rotatable bonds is 12. The summed E-state index contributed by atoms with van der Waals surface area (Å²) in [6.45, 7) is 4.57. The van der Waals surface area contributed by atoms with Gasteiger partial charge in [0, 0.05) is 5.41 Å². The van der Waals surface area contributed by atoms with Crippen molar-refractivity contribution < 1.29 is 9.47 Å². The molecule has 0 saturated carbocycles. The second kappa shape index (κ2) is 11.2. The van der Waals surface area contributed by atoms with Crippen molar-refractivity contribution in [1.82, 2.24) is 0 Å². The molecule has 0 aromatic heterocycles. The maximum absolute atomic E-state index is 5.67. The topological polar surface area (TPSA) is 18.5 Å². The summed E-state index contributed by atoms with van der Waals surface area (Å²) < 4.78 is 13.4. The quantitative estimate of drug-likeness (QED) is 0.244. The smallest absolute Gasteiger partial charge is 0.133 e. The van der Waals surface area contributed by atoms with E-state index in [0.717, 1.165) is 20.4 Å². The van der Waals surface area contributed by atoms with E-state index in [-0.39, 0.29) is 5.41 Å². The zero-order chi connectivity index (χ0) is 22.4. The summed E-state index contributed by atoms with van der Waals surface area (Å²) in [6, 6.07) is 9.08. The predicted octanol–water partition coefficient (Wildman–Crippen LogP) is 9.44. The van der Waals surface area contributed by atoms with E-state index in [1.54, 1.807) is 14.2 Å². The number of hydrogen-bond acceptors (Lipinski definition) is 2. The Kier molecular flexibility index (Phi) is 8.92. The van der Waals surface area contributed by atoms with E-state index in [0.29, 0.717) is 0 Å². The summed E-state index contributed by atoms with van der Waals surface area (Å²) in [5, 5.41) is 0. The fourth-order valence-corrected chi connectivity index (χ4v) is 6.18. The van der Waals surface area contributed by atoms with E-state index < -0.39 is 0 Å². The third-order valence-corrected chi connectivity index (χ3v) is 8.06. The van der Waals surface area contributed by atoms with Crippen LogP contribution in [0.3, 0.4) is 0 Å². The summed E-state index contributed by atoms with van der Waals surface area (Å²) in [7, 11) is 3.49. The molecule has 0 heterocycles. The van der Waals surface area contributed by atoms with E-state index in [1.165, 1.54) is 86.5 Å². The molecule has 1 aliphatic rings. The summed E-state index contributed by atoms with van der Waals surface area (Å²) in [5.74, 6) is 1.78. The van der Waals surface area contributed by atoms with Crippen LogP contribution in [0.5, 0.6) is 11.5 Å². The second-order valence-electron chi connectivity index (χ2n) is 8.77. The highest BCUT2D eigenvalue weighted by atomic mass is 79.9. The van der Waals surface area contributed by atoms with Crippen LogP contribution in [0, 0.1) is 0 Å². The SMILES string of the molecule is CCCCCCC1(CCCCCC)c2cc(Br)c(OC)cc2-c2cc(OC)c(Br)cc21. The Hall–Kier alpha value is -1.00. The molecule has 0 fully saturated rings. The van der Waals surface area contributed by atoms with Gasteiger partial charge in [0.25, 0.3) is 0 Å². The van der Waals surface area contributed by atoms with E-state index in [9.17, 15) is 0 Å². The van der Waals surface area contributed by atoms with Gasteiger partial charge in [0.1, 0.15) is 11.5 Å². The van der Waals surface area contributed by atoms with Crippen LogP contribution in [0.4, 0.5) is 0 Å². The lowest BCUT2D eigenvalue weighted by molar-refractivity contribution is 0.395. The molecule has 170 valence electrons. The lowest BCUT2D eigenvalue weighted by atomic mass is 9.70.